The van der Waals surface area contributed by atoms with Gasteiger partial charge in [0, 0.05) is 5.56 Å². The summed E-state index contributed by atoms with van der Waals surface area (Å²) in [5, 5.41) is 0. The minimum atomic E-state index is -0.00972. The number of allylic oxidation sites excluding steroid dienone is 1. The Balaban J connectivity index is 2.17. The van der Waals surface area contributed by atoms with E-state index in [1.54, 1.807) is 18.4 Å². The number of hydrogen-bond acceptors (Lipinski definition) is 2. The lowest BCUT2D eigenvalue weighted by Gasteiger charge is -2.01. The lowest BCUT2D eigenvalue weighted by atomic mass is 10.0. The van der Waals surface area contributed by atoms with Crippen molar-refractivity contribution in [1.29, 1.82) is 0 Å². The zero-order valence-electron chi connectivity index (χ0n) is 9.94. The average molecular weight is 226 g/mol. The van der Waals surface area contributed by atoms with Crippen LogP contribution in [0.1, 0.15) is 27.2 Å². The summed E-state index contributed by atoms with van der Waals surface area (Å²) in [5.41, 5.74) is 3.02. The van der Waals surface area contributed by atoms with E-state index in [4.69, 9.17) is 4.42 Å². The maximum atomic E-state index is 11.9. The van der Waals surface area contributed by atoms with Gasteiger partial charge in [-0.1, -0.05) is 12.1 Å². The van der Waals surface area contributed by atoms with Crippen molar-refractivity contribution in [1.82, 2.24) is 0 Å². The number of carbonyl (C=O) groups excluding carboxylic acids is 1. The highest BCUT2D eigenvalue weighted by Crippen LogP contribution is 2.11. The Morgan fingerprint density at radius 3 is 2.65 bits per heavy atom. The summed E-state index contributed by atoms with van der Waals surface area (Å²) in [5.74, 6) is 0.673. The van der Waals surface area contributed by atoms with Gasteiger partial charge in [0.05, 0.1) is 6.26 Å². The second kappa shape index (κ2) is 4.83. The fourth-order valence-corrected chi connectivity index (χ4v) is 1.53. The van der Waals surface area contributed by atoms with Crippen LogP contribution in [0, 0.1) is 13.8 Å². The number of carbonyl (C=O) groups is 1. The van der Waals surface area contributed by atoms with Gasteiger partial charge in [-0.15, -0.1) is 0 Å². The van der Waals surface area contributed by atoms with Gasteiger partial charge in [-0.25, -0.2) is 0 Å². The summed E-state index contributed by atoms with van der Waals surface area (Å²) in [6.07, 6.45) is 4.79. The van der Waals surface area contributed by atoms with E-state index in [0.29, 0.717) is 11.3 Å². The fraction of sp³-hybridized carbons (Fsp3) is 0.133. The van der Waals surface area contributed by atoms with Gasteiger partial charge >= 0.3 is 0 Å². The van der Waals surface area contributed by atoms with Crippen molar-refractivity contribution in [2.75, 3.05) is 0 Å². The number of ketones is 1. The van der Waals surface area contributed by atoms with E-state index < -0.39 is 0 Å². The number of furan rings is 1. The van der Waals surface area contributed by atoms with Gasteiger partial charge < -0.3 is 4.42 Å². The van der Waals surface area contributed by atoms with Crippen LogP contribution >= 0.6 is 0 Å². The van der Waals surface area contributed by atoms with Gasteiger partial charge in [-0.05, 0) is 55.3 Å². The highest BCUT2D eigenvalue weighted by molar-refractivity contribution is 6.06. The molecule has 0 saturated heterocycles. The van der Waals surface area contributed by atoms with Gasteiger partial charge in [0.25, 0.3) is 0 Å². The first kappa shape index (κ1) is 11.4. The standard InChI is InChI=1S/C15H14O2/c1-11-5-6-13(10-12(11)2)15(16)8-7-14-4-3-9-17-14/h3-10H,1-2H3/b8-7+. The Morgan fingerprint density at radius 1 is 1.18 bits per heavy atom. The number of aryl methyl sites for hydroxylation is 2. The molecule has 2 nitrogen and oxygen atoms in total. The molecule has 0 N–H and O–H groups in total. The molecule has 0 unspecified atom stereocenters. The fourth-order valence-electron chi connectivity index (χ4n) is 1.53. The van der Waals surface area contributed by atoms with Crippen molar-refractivity contribution in [3.8, 4) is 0 Å². The molecule has 0 amide bonds. The van der Waals surface area contributed by atoms with E-state index in [0.717, 1.165) is 5.56 Å². The highest BCUT2D eigenvalue weighted by atomic mass is 16.3. The Bertz CT molecular complexity index is 548. The molecule has 0 fully saturated rings. The van der Waals surface area contributed by atoms with Crippen molar-refractivity contribution in [2.24, 2.45) is 0 Å². The van der Waals surface area contributed by atoms with Crippen LogP contribution in [0.15, 0.2) is 47.1 Å². The van der Waals surface area contributed by atoms with Gasteiger partial charge in [-0.3, -0.25) is 4.79 Å². The molecule has 0 radical (unpaired) electrons. The molecule has 1 heterocycles. The van der Waals surface area contributed by atoms with E-state index in [1.165, 1.54) is 11.6 Å². The molecule has 17 heavy (non-hydrogen) atoms. The predicted octanol–water partition coefficient (Wildman–Crippen LogP) is 3.79. The molecule has 0 aliphatic heterocycles. The van der Waals surface area contributed by atoms with Crippen molar-refractivity contribution in [3.63, 3.8) is 0 Å². The maximum Gasteiger partial charge on any atom is 0.185 e. The Labute approximate surface area is 101 Å². The van der Waals surface area contributed by atoms with Crippen LogP contribution in [-0.2, 0) is 0 Å². The van der Waals surface area contributed by atoms with Crippen LogP contribution in [0.25, 0.3) is 6.08 Å². The van der Waals surface area contributed by atoms with Crippen LogP contribution in [0.4, 0.5) is 0 Å². The highest BCUT2D eigenvalue weighted by Gasteiger charge is 2.03. The monoisotopic (exact) mass is 226 g/mol. The van der Waals surface area contributed by atoms with Crippen molar-refractivity contribution >= 4 is 11.9 Å². The Kier molecular flexibility index (Phi) is 3.24. The minimum absolute atomic E-state index is 0.00972. The molecule has 2 rings (SSSR count). The van der Waals surface area contributed by atoms with Crippen LogP contribution in [0.3, 0.4) is 0 Å². The van der Waals surface area contributed by atoms with Gasteiger partial charge in [0.1, 0.15) is 5.76 Å². The molecule has 0 aliphatic carbocycles. The first-order chi connectivity index (χ1) is 8.16. The van der Waals surface area contributed by atoms with E-state index >= 15 is 0 Å². The summed E-state index contributed by atoms with van der Waals surface area (Å²) in [7, 11) is 0. The third-order valence-corrected chi connectivity index (χ3v) is 2.73. The number of rotatable bonds is 3. The topological polar surface area (TPSA) is 30.2 Å². The maximum absolute atomic E-state index is 11.9. The molecular weight excluding hydrogens is 212 g/mol. The first-order valence-electron chi connectivity index (χ1n) is 5.50. The summed E-state index contributed by atoms with van der Waals surface area (Å²) >= 11 is 0. The lowest BCUT2D eigenvalue weighted by molar-refractivity contribution is 0.104. The zero-order valence-corrected chi connectivity index (χ0v) is 9.94. The second-order valence-electron chi connectivity index (χ2n) is 4.01. The molecule has 0 spiro atoms. The third kappa shape index (κ3) is 2.72. The van der Waals surface area contributed by atoms with Gasteiger partial charge in [-0.2, -0.15) is 0 Å². The van der Waals surface area contributed by atoms with E-state index in [9.17, 15) is 4.79 Å². The Hall–Kier alpha value is -2.09. The number of hydrogen-bond donors (Lipinski definition) is 0. The smallest absolute Gasteiger partial charge is 0.185 e. The zero-order chi connectivity index (χ0) is 12.3. The Morgan fingerprint density at radius 2 is 2.00 bits per heavy atom. The molecule has 1 aromatic heterocycles. The minimum Gasteiger partial charge on any atom is -0.465 e. The van der Waals surface area contributed by atoms with Crippen molar-refractivity contribution in [3.05, 3.63) is 65.1 Å². The molecule has 0 bridgehead atoms. The van der Waals surface area contributed by atoms with Gasteiger partial charge in [0.15, 0.2) is 5.78 Å². The van der Waals surface area contributed by atoms with Crippen LogP contribution in [-0.4, -0.2) is 5.78 Å². The van der Waals surface area contributed by atoms with E-state index in [-0.39, 0.29) is 5.78 Å². The largest absolute Gasteiger partial charge is 0.465 e. The average Bonchev–Trinajstić information content (AvgIpc) is 2.82. The first-order valence-corrected chi connectivity index (χ1v) is 5.50. The predicted molar refractivity (Wildman–Crippen MR) is 68.0 cm³/mol. The third-order valence-electron chi connectivity index (χ3n) is 2.73. The quantitative estimate of drug-likeness (QED) is 0.588. The molecule has 86 valence electrons. The molecule has 2 aromatic rings. The van der Waals surface area contributed by atoms with E-state index in [1.807, 2.05) is 38.1 Å². The van der Waals surface area contributed by atoms with Gasteiger partial charge in [0.2, 0.25) is 0 Å². The number of benzene rings is 1. The summed E-state index contributed by atoms with van der Waals surface area (Å²) < 4.78 is 5.12. The molecule has 0 atom stereocenters. The van der Waals surface area contributed by atoms with Crippen LogP contribution < -0.4 is 0 Å². The molecule has 1 aromatic carbocycles. The summed E-state index contributed by atoms with van der Waals surface area (Å²) in [6.45, 7) is 4.03. The lowest BCUT2D eigenvalue weighted by Crippen LogP contribution is -1.95. The van der Waals surface area contributed by atoms with Crippen molar-refractivity contribution < 1.29 is 9.21 Å². The molecule has 0 aliphatic rings. The van der Waals surface area contributed by atoms with Crippen LogP contribution in [0.5, 0.6) is 0 Å². The summed E-state index contributed by atoms with van der Waals surface area (Å²) in [6, 6.07) is 9.31. The summed E-state index contributed by atoms with van der Waals surface area (Å²) in [4.78, 5) is 11.9. The van der Waals surface area contributed by atoms with Crippen molar-refractivity contribution in [2.45, 2.75) is 13.8 Å². The second-order valence-corrected chi connectivity index (χ2v) is 4.01. The SMILES string of the molecule is Cc1ccc(C(=O)/C=C/c2ccco2)cc1C. The van der Waals surface area contributed by atoms with E-state index in [2.05, 4.69) is 0 Å². The molecule has 2 heteroatoms. The normalized spacial score (nSPS) is 10.9. The van der Waals surface area contributed by atoms with Crippen LogP contribution in [0.2, 0.25) is 0 Å². The molecular formula is C15H14O2. The molecule has 0 saturated carbocycles.